The first-order chi connectivity index (χ1) is 9.54. The Morgan fingerprint density at radius 2 is 2.05 bits per heavy atom. The largest absolute Gasteiger partial charge is 0.478 e. The predicted octanol–water partition coefficient (Wildman–Crippen LogP) is 4.65. The zero-order valence-corrected chi connectivity index (χ0v) is 12.4. The lowest BCUT2D eigenvalue weighted by Crippen LogP contribution is -1.88. The molecule has 0 heterocycles. The first-order valence-corrected chi connectivity index (χ1v) is 6.79. The molecule has 0 aliphatic rings. The molecule has 3 nitrogen and oxygen atoms in total. The number of carboxylic acids is 1. The van der Waals surface area contributed by atoms with Crippen molar-refractivity contribution in [2.45, 2.75) is 6.92 Å². The molecule has 102 valence electrons. The fourth-order valence-electron chi connectivity index (χ4n) is 1.66. The second-order valence-electron chi connectivity index (χ2n) is 4.28. The van der Waals surface area contributed by atoms with Gasteiger partial charge in [0.15, 0.2) is 0 Å². The van der Waals surface area contributed by atoms with Crippen LogP contribution < -0.4 is 4.74 Å². The SMILES string of the molecule is Cc1ccc(Oc2cccc(C=CC(=O)O)c2)c(Br)c1. The summed E-state index contributed by atoms with van der Waals surface area (Å²) in [5, 5.41) is 8.62. The molecule has 0 saturated carbocycles. The lowest BCUT2D eigenvalue weighted by atomic mass is 10.2. The Hall–Kier alpha value is -2.07. The average Bonchev–Trinajstić information content (AvgIpc) is 2.40. The molecule has 0 spiro atoms. The maximum absolute atomic E-state index is 10.5. The Bertz CT molecular complexity index is 663. The fraction of sp³-hybridized carbons (Fsp3) is 0.0625. The highest BCUT2D eigenvalue weighted by Gasteiger charge is 2.03. The van der Waals surface area contributed by atoms with Crippen molar-refractivity contribution in [3.63, 3.8) is 0 Å². The van der Waals surface area contributed by atoms with Crippen LogP contribution in [0.5, 0.6) is 11.5 Å². The van der Waals surface area contributed by atoms with Gasteiger partial charge in [-0.25, -0.2) is 4.79 Å². The van der Waals surface area contributed by atoms with Crippen molar-refractivity contribution in [3.8, 4) is 11.5 Å². The number of carbonyl (C=O) groups is 1. The third-order valence-electron chi connectivity index (χ3n) is 2.59. The van der Waals surface area contributed by atoms with Crippen molar-refractivity contribution < 1.29 is 14.6 Å². The van der Waals surface area contributed by atoms with E-state index in [1.807, 2.05) is 43.3 Å². The first kappa shape index (κ1) is 14.3. The molecule has 2 aromatic rings. The molecule has 0 aliphatic heterocycles. The van der Waals surface area contributed by atoms with E-state index < -0.39 is 5.97 Å². The van der Waals surface area contributed by atoms with E-state index >= 15 is 0 Å². The summed E-state index contributed by atoms with van der Waals surface area (Å²) in [5.74, 6) is 0.398. The third kappa shape index (κ3) is 3.96. The van der Waals surface area contributed by atoms with Crippen LogP contribution in [0.3, 0.4) is 0 Å². The van der Waals surface area contributed by atoms with Gasteiger partial charge in [-0.1, -0.05) is 18.2 Å². The number of ether oxygens (including phenoxy) is 1. The smallest absolute Gasteiger partial charge is 0.328 e. The lowest BCUT2D eigenvalue weighted by molar-refractivity contribution is -0.131. The van der Waals surface area contributed by atoms with Gasteiger partial charge < -0.3 is 9.84 Å². The molecule has 1 N–H and O–H groups in total. The number of benzene rings is 2. The molecule has 0 fully saturated rings. The predicted molar refractivity (Wildman–Crippen MR) is 82.1 cm³/mol. The van der Waals surface area contributed by atoms with Crippen LogP contribution in [0.2, 0.25) is 0 Å². The molecule has 0 amide bonds. The highest BCUT2D eigenvalue weighted by molar-refractivity contribution is 9.10. The van der Waals surface area contributed by atoms with Crippen molar-refractivity contribution in [2.75, 3.05) is 0 Å². The molecular formula is C16H13BrO3. The summed E-state index contributed by atoms with van der Waals surface area (Å²) in [7, 11) is 0. The van der Waals surface area contributed by atoms with Crippen LogP contribution in [0.1, 0.15) is 11.1 Å². The number of aryl methyl sites for hydroxylation is 1. The van der Waals surface area contributed by atoms with Gasteiger partial charge >= 0.3 is 5.97 Å². The maximum atomic E-state index is 10.5. The van der Waals surface area contributed by atoms with Crippen molar-refractivity contribution in [2.24, 2.45) is 0 Å². The molecule has 2 rings (SSSR count). The monoisotopic (exact) mass is 332 g/mol. The lowest BCUT2D eigenvalue weighted by Gasteiger charge is -2.08. The van der Waals surface area contributed by atoms with Crippen molar-refractivity contribution in [1.29, 1.82) is 0 Å². The first-order valence-electron chi connectivity index (χ1n) is 6.00. The van der Waals surface area contributed by atoms with Gasteiger partial charge in [-0.2, -0.15) is 0 Å². The number of rotatable bonds is 4. The van der Waals surface area contributed by atoms with Crippen molar-refractivity contribution in [1.82, 2.24) is 0 Å². The number of carboxylic acid groups (broad SMARTS) is 1. The Balaban J connectivity index is 2.21. The molecule has 20 heavy (non-hydrogen) atoms. The Morgan fingerprint density at radius 1 is 1.25 bits per heavy atom. The minimum Gasteiger partial charge on any atom is -0.478 e. The quantitative estimate of drug-likeness (QED) is 0.829. The van der Waals surface area contributed by atoms with Crippen LogP contribution in [0.25, 0.3) is 6.08 Å². The van der Waals surface area contributed by atoms with E-state index in [1.54, 1.807) is 6.07 Å². The minimum atomic E-state index is -0.974. The summed E-state index contributed by atoms with van der Waals surface area (Å²) in [5.41, 5.74) is 1.91. The van der Waals surface area contributed by atoms with Gasteiger partial charge in [0, 0.05) is 6.08 Å². The van der Waals surface area contributed by atoms with E-state index in [0.29, 0.717) is 5.75 Å². The number of halogens is 1. The molecule has 0 atom stereocenters. The van der Waals surface area contributed by atoms with E-state index in [4.69, 9.17) is 9.84 Å². The summed E-state index contributed by atoms with van der Waals surface area (Å²) in [6.45, 7) is 2.01. The highest BCUT2D eigenvalue weighted by Crippen LogP contribution is 2.30. The van der Waals surface area contributed by atoms with Crippen molar-refractivity contribution >= 4 is 28.0 Å². The summed E-state index contributed by atoms with van der Waals surface area (Å²) in [6, 6.07) is 13.1. The second kappa shape index (κ2) is 6.39. The Kier molecular flexibility index (Phi) is 4.58. The Labute approximate surface area is 125 Å². The van der Waals surface area contributed by atoms with Crippen LogP contribution in [0, 0.1) is 6.92 Å². The van der Waals surface area contributed by atoms with E-state index in [2.05, 4.69) is 15.9 Å². The van der Waals surface area contributed by atoms with E-state index in [-0.39, 0.29) is 0 Å². The van der Waals surface area contributed by atoms with E-state index in [0.717, 1.165) is 27.4 Å². The van der Waals surface area contributed by atoms with Crippen LogP contribution in [-0.4, -0.2) is 11.1 Å². The minimum absolute atomic E-state index is 0.655. The van der Waals surface area contributed by atoms with Crippen LogP contribution >= 0.6 is 15.9 Å². The summed E-state index contributed by atoms with van der Waals surface area (Å²) < 4.78 is 6.66. The molecular weight excluding hydrogens is 320 g/mol. The van der Waals surface area contributed by atoms with Gasteiger partial charge in [0.25, 0.3) is 0 Å². The summed E-state index contributed by atoms with van der Waals surface area (Å²) in [4.78, 5) is 10.5. The molecule has 0 aromatic heterocycles. The maximum Gasteiger partial charge on any atom is 0.328 e. The standard InChI is InChI=1S/C16H13BrO3/c1-11-5-7-15(14(17)9-11)20-13-4-2-3-12(10-13)6-8-16(18)19/h2-10H,1H3,(H,18,19). The van der Waals surface area contributed by atoms with E-state index in [1.165, 1.54) is 6.08 Å². The summed E-state index contributed by atoms with van der Waals surface area (Å²) in [6.07, 6.45) is 2.63. The normalized spacial score (nSPS) is 10.7. The summed E-state index contributed by atoms with van der Waals surface area (Å²) >= 11 is 3.46. The van der Waals surface area contributed by atoms with Gasteiger partial charge in [-0.15, -0.1) is 0 Å². The molecule has 0 unspecified atom stereocenters. The van der Waals surface area contributed by atoms with Gasteiger partial charge in [0.2, 0.25) is 0 Å². The molecule has 0 radical (unpaired) electrons. The Morgan fingerprint density at radius 3 is 2.75 bits per heavy atom. The second-order valence-corrected chi connectivity index (χ2v) is 5.13. The zero-order chi connectivity index (χ0) is 14.5. The zero-order valence-electron chi connectivity index (χ0n) is 10.8. The topological polar surface area (TPSA) is 46.5 Å². The van der Waals surface area contributed by atoms with Gasteiger partial charge in [-0.05, 0) is 64.3 Å². The molecule has 0 aliphatic carbocycles. The average molecular weight is 333 g/mol. The molecule has 2 aromatic carbocycles. The molecule has 0 bridgehead atoms. The highest BCUT2D eigenvalue weighted by atomic mass is 79.9. The van der Waals surface area contributed by atoms with Gasteiger partial charge in [-0.3, -0.25) is 0 Å². The number of hydrogen-bond donors (Lipinski definition) is 1. The number of aliphatic carboxylic acids is 1. The van der Waals surface area contributed by atoms with Gasteiger partial charge in [0.05, 0.1) is 4.47 Å². The van der Waals surface area contributed by atoms with Crippen molar-refractivity contribution in [3.05, 3.63) is 64.1 Å². The van der Waals surface area contributed by atoms with Gasteiger partial charge in [0.1, 0.15) is 11.5 Å². The third-order valence-corrected chi connectivity index (χ3v) is 3.21. The van der Waals surface area contributed by atoms with Crippen LogP contribution in [0.15, 0.2) is 53.0 Å². The van der Waals surface area contributed by atoms with Crippen LogP contribution in [-0.2, 0) is 4.79 Å². The fourth-order valence-corrected chi connectivity index (χ4v) is 2.24. The number of hydrogen-bond acceptors (Lipinski definition) is 2. The molecule has 4 heteroatoms. The van der Waals surface area contributed by atoms with Crippen LogP contribution in [0.4, 0.5) is 0 Å². The molecule has 0 saturated heterocycles. The van der Waals surface area contributed by atoms with E-state index in [9.17, 15) is 4.79 Å².